The van der Waals surface area contributed by atoms with E-state index in [2.05, 4.69) is 167 Å². The topological polar surface area (TPSA) is 9.86 Å². The van der Waals surface area contributed by atoms with Gasteiger partial charge in [0, 0.05) is 38.4 Å². The molecule has 1 aliphatic rings. The number of hydrogen-bond acceptors (Lipinski definition) is 0. The maximum atomic E-state index is 2.48. The summed E-state index contributed by atoms with van der Waals surface area (Å²) in [5.41, 5.74) is 14.9. The van der Waals surface area contributed by atoms with Crippen LogP contribution in [0.4, 0.5) is 0 Å². The van der Waals surface area contributed by atoms with Crippen LogP contribution in [-0.2, 0) is 0 Å². The minimum atomic E-state index is 1.17. The summed E-state index contributed by atoms with van der Waals surface area (Å²) in [6.45, 7) is 0. The van der Waals surface area contributed by atoms with Gasteiger partial charge in [0.2, 0.25) is 0 Å². The molecule has 0 radical (unpaired) electrons. The molecular weight excluding hydrogens is 532 g/mol. The van der Waals surface area contributed by atoms with Gasteiger partial charge in [-0.05, 0) is 64.7 Å². The van der Waals surface area contributed by atoms with Crippen molar-refractivity contribution in [1.29, 1.82) is 0 Å². The molecule has 2 aromatic heterocycles. The number of benzene rings is 7. The van der Waals surface area contributed by atoms with Crippen LogP contribution < -0.4 is 0 Å². The van der Waals surface area contributed by atoms with Crippen molar-refractivity contribution in [3.8, 4) is 44.8 Å². The zero-order valence-electron chi connectivity index (χ0n) is 23.9. The Morgan fingerprint density at radius 3 is 1.82 bits per heavy atom. The first-order chi connectivity index (χ1) is 21.8. The quantitative estimate of drug-likeness (QED) is 0.200. The summed E-state index contributed by atoms with van der Waals surface area (Å²) in [6, 6.07) is 57.8. The number of rotatable bonds is 2. The Hall–Kier alpha value is -5.86. The lowest BCUT2D eigenvalue weighted by Gasteiger charge is -2.13. The molecule has 0 amide bonds. The summed E-state index contributed by atoms with van der Waals surface area (Å²) < 4.78 is 4.91. The molecule has 1 aliphatic heterocycles. The Morgan fingerprint density at radius 2 is 0.932 bits per heavy atom. The molecule has 2 nitrogen and oxygen atoms in total. The smallest absolute Gasteiger partial charge is 0.0619 e. The molecule has 0 unspecified atom stereocenters. The Balaban J connectivity index is 1.28. The molecule has 0 atom stereocenters. The third-order valence-corrected chi connectivity index (χ3v) is 9.46. The number of para-hydroxylation sites is 3. The monoisotopic (exact) mass is 558 g/mol. The van der Waals surface area contributed by atoms with Crippen LogP contribution in [0.3, 0.4) is 0 Å². The molecule has 0 fully saturated rings. The molecule has 9 aromatic rings. The highest BCUT2D eigenvalue weighted by molar-refractivity contribution is 6.17. The van der Waals surface area contributed by atoms with Crippen molar-refractivity contribution >= 4 is 43.6 Å². The summed E-state index contributed by atoms with van der Waals surface area (Å²) in [6.07, 6.45) is 0. The molecule has 10 rings (SSSR count). The molecule has 0 spiro atoms. The zero-order valence-corrected chi connectivity index (χ0v) is 23.9. The van der Waals surface area contributed by atoms with E-state index in [0.717, 1.165) is 0 Å². The number of hydrogen-bond donors (Lipinski definition) is 0. The fourth-order valence-electron chi connectivity index (χ4n) is 7.57. The van der Waals surface area contributed by atoms with Crippen LogP contribution in [0, 0.1) is 0 Å². The predicted molar refractivity (Wildman–Crippen MR) is 185 cm³/mol. The minimum absolute atomic E-state index is 1.17. The van der Waals surface area contributed by atoms with Crippen LogP contribution in [0.25, 0.3) is 88.4 Å². The van der Waals surface area contributed by atoms with Crippen LogP contribution in [0.15, 0.2) is 158 Å². The third-order valence-electron chi connectivity index (χ3n) is 9.46. The zero-order chi connectivity index (χ0) is 28.8. The van der Waals surface area contributed by atoms with E-state index in [0.29, 0.717) is 0 Å². The second-order valence-corrected chi connectivity index (χ2v) is 11.8. The van der Waals surface area contributed by atoms with E-state index in [-0.39, 0.29) is 0 Å². The summed E-state index contributed by atoms with van der Waals surface area (Å²) in [5, 5.41) is 5.08. The van der Waals surface area contributed by atoms with Crippen molar-refractivity contribution in [2.75, 3.05) is 0 Å². The Labute approximate surface area is 254 Å². The van der Waals surface area contributed by atoms with E-state index < -0.39 is 0 Å². The molecule has 3 heterocycles. The van der Waals surface area contributed by atoms with Crippen molar-refractivity contribution in [2.45, 2.75) is 0 Å². The van der Waals surface area contributed by atoms with Gasteiger partial charge in [0.15, 0.2) is 0 Å². The van der Waals surface area contributed by atoms with Gasteiger partial charge >= 0.3 is 0 Å². The Kier molecular flexibility index (Phi) is 4.75. The maximum absolute atomic E-state index is 2.48. The lowest BCUT2D eigenvalue weighted by Crippen LogP contribution is -1.96. The number of nitrogens with zero attached hydrogens (tertiary/aromatic N) is 2. The van der Waals surface area contributed by atoms with Crippen LogP contribution in [0.2, 0.25) is 0 Å². The third kappa shape index (κ3) is 3.14. The molecule has 0 saturated heterocycles. The van der Waals surface area contributed by atoms with Gasteiger partial charge in [-0.15, -0.1) is 0 Å². The first-order valence-electron chi connectivity index (χ1n) is 15.2. The van der Waals surface area contributed by atoms with Gasteiger partial charge in [-0.25, -0.2) is 0 Å². The van der Waals surface area contributed by atoms with E-state index in [1.54, 1.807) is 0 Å². The van der Waals surface area contributed by atoms with Crippen molar-refractivity contribution in [3.63, 3.8) is 0 Å². The Morgan fingerprint density at radius 1 is 0.318 bits per heavy atom. The van der Waals surface area contributed by atoms with Gasteiger partial charge in [-0.3, -0.25) is 0 Å². The molecular formula is C42H26N2. The largest absolute Gasteiger partial charge is 0.309 e. The molecule has 44 heavy (non-hydrogen) atoms. The molecule has 0 saturated carbocycles. The van der Waals surface area contributed by atoms with Crippen molar-refractivity contribution < 1.29 is 0 Å². The first-order valence-corrected chi connectivity index (χ1v) is 15.2. The van der Waals surface area contributed by atoms with Crippen LogP contribution in [0.5, 0.6) is 0 Å². The van der Waals surface area contributed by atoms with Crippen molar-refractivity contribution in [3.05, 3.63) is 158 Å². The standard InChI is InChI=1S/C42H26N2/c1-2-11-27(12-3-1)28-21-23-40-36(25-28)33-16-7-8-19-38(33)43(40)29-22-24-41-37(26-29)35-18-10-17-34-31-14-5-4-13-30(31)32-15-6-9-20-39(32)44(41)42(34)35/h1-26H. The van der Waals surface area contributed by atoms with E-state index in [1.807, 2.05) is 0 Å². The molecule has 7 aromatic carbocycles. The van der Waals surface area contributed by atoms with Crippen molar-refractivity contribution in [2.24, 2.45) is 0 Å². The number of fused-ring (bicyclic) bond motifs is 11. The predicted octanol–water partition coefficient (Wildman–Crippen LogP) is 11.2. The van der Waals surface area contributed by atoms with E-state index in [1.165, 1.54) is 88.4 Å². The van der Waals surface area contributed by atoms with Gasteiger partial charge in [0.25, 0.3) is 0 Å². The molecule has 2 heteroatoms. The summed E-state index contributed by atoms with van der Waals surface area (Å²) in [5.74, 6) is 0. The highest BCUT2D eigenvalue weighted by Gasteiger charge is 2.24. The van der Waals surface area contributed by atoms with Gasteiger partial charge in [0.1, 0.15) is 0 Å². The highest BCUT2D eigenvalue weighted by atomic mass is 15.0. The average Bonchev–Trinajstić information content (AvgIpc) is 3.56. The van der Waals surface area contributed by atoms with E-state index >= 15 is 0 Å². The molecule has 204 valence electrons. The fourth-order valence-corrected chi connectivity index (χ4v) is 7.57. The number of aromatic nitrogens is 2. The van der Waals surface area contributed by atoms with E-state index in [9.17, 15) is 0 Å². The normalized spacial score (nSPS) is 12.1. The second kappa shape index (κ2) is 8.82. The Bertz CT molecular complexity index is 2600. The van der Waals surface area contributed by atoms with Crippen LogP contribution in [-0.4, -0.2) is 9.13 Å². The van der Waals surface area contributed by atoms with Gasteiger partial charge < -0.3 is 9.13 Å². The highest BCUT2D eigenvalue weighted by Crippen LogP contribution is 2.47. The average molecular weight is 559 g/mol. The van der Waals surface area contributed by atoms with Gasteiger partial charge in [-0.1, -0.05) is 115 Å². The van der Waals surface area contributed by atoms with Crippen molar-refractivity contribution in [1.82, 2.24) is 9.13 Å². The second-order valence-electron chi connectivity index (χ2n) is 11.8. The van der Waals surface area contributed by atoms with Crippen LogP contribution >= 0.6 is 0 Å². The van der Waals surface area contributed by atoms with Gasteiger partial charge in [0.05, 0.1) is 27.8 Å². The lowest BCUT2D eigenvalue weighted by molar-refractivity contribution is 1.17. The summed E-state index contributed by atoms with van der Waals surface area (Å²) in [7, 11) is 0. The summed E-state index contributed by atoms with van der Waals surface area (Å²) in [4.78, 5) is 0. The first kappa shape index (κ1) is 23.7. The summed E-state index contributed by atoms with van der Waals surface area (Å²) >= 11 is 0. The van der Waals surface area contributed by atoms with Crippen LogP contribution in [0.1, 0.15) is 0 Å². The van der Waals surface area contributed by atoms with E-state index in [4.69, 9.17) is 0 Å². The van der Waals surface area contributed by atoms with Gasteiger partial charge in [-0.2, -0.15) is 0 Å². The maximum Gasteiger partial charge on any atom is 0.0619 e. The minimum Gasteiger partial charge on any atom is -0.309 e. The SMILES string of the molecule is c1ccc(-c2ccc3c(c2)c2ccccc2n3-c2ccc3c(c2)c2cccc4c2n3-c2ccccc2-c2ccccc2-4)cc1. The molecule has 0 N–H and O–H groups in total. The fraction of sp³-hybridized carbons (Fsp3) is 0. The lowest BCUT2D eigenvalue weighted by atomic mass is 9.94. The molecule has 0 aliphatic carbocycles. The molecule has 0 bridgehead atoms.